The first-order valence-electron chi connectivity index (χ1n) is 4.78. The monoisotopic (exact) mass is 294 g/mol. The summed E-state index contributed by atoms with van der Waals surface area (Å²) in [5, 5.41) is 2.38. The molecule has 0 aliphatic rings. The zero-order valence-corrected chi connectivity index (χ0v) is 11.6. The Hall–Kier alpha value is -0.140. The van der Waals surface area contributed by atoms with Crippen LogP contribution in [-0.2, 0) is 4.79 Å². The van der Waals surface area contributed by atoms with Crippen LogP contribution in [0.25, 0.3) is 0 Å². The highest BCUT2D eigenvalue weighted by molar-refractivity contribution is 8.00. The fourth-order valence-electron chi connectivity index (χ4n) is 0.844. The van der Waals surface area contributed by atoms with Crippen LogP contribution in [0.15, 0.2) is 0 Å². The predicted molar refractivity (Wildman–Crippen MR) is 66.2 cm³/mol. The molecule has 8 heteroatoms. The Morgan fingerprint density at radius 3 is 2.18 bits per heavy atom. The van der Waals surface area contributed by atoms with E-state index >= 15 is 0 Å². The van der Waals surface area contributed by atoms with Gasteiger partial charge in [0.1, 0.15) is 0 Å². The van der Waals surface area contributed by atoms with Gasteiger partial charge in [0.2, 0.25) is 5.91 Å². The molecule has 0 aliphatic carbocycles. The Morgan fingerprint density at radius 2 is 1.82 bits per heavy atom. The SMILES string of the molecule is CC(C)(C)[C@H](N)C(=O)NCCSC(F)(F)F.Cl. The topological polar surface area (TPSA) is 55.1 Å². The molecule has 0 saturated carbocycles. The summed E-state index contributed by atoms with van der Waals surface area (Å²) < 4.78 is 35.3. The minimum absolute atomic E-state index is 0. The lowest BCUT2D eigenvalue weighted by molar-refractivity contribution is -0.124. The van der Waals surface area contributed by atoms with Crippen molar-refractivity contribution in [2.24, 2.45) is 11.1 Å². The summed E-state index contributed by atoms with van der Waals surface area (Å²) in [6.07, 6.45) is 0. The zero-order chi connectivity index (χ0) is 13.0. The first-order chi connectivity index (χ1) is 7.04. The van der Waals surface area contributed by atoms with E-state index in [1.54, 1.807) is 20.8 Å². The molecule has 0 bridgehead atoms. The molecule has 3 nitrogen and oxygen atoms in total. The molecule has 0 aromatic heterocycles. The second kappa shape index (κ2) is 7.33. The maximum atomic E-state index is 11.8. The normalized spacial score (nSPS) is 13.8. The van der Waals surface area contributed by atoms with Crippen molar-refractivity contribution in [3.63, 3.8) is 0 Å². The third kappa shape index (κ3) is 9.55. The van der Waals surface area contributed by atoms with E-state index in [0.717, 1.165) is 0 Å². The highest BCUT2D eigenvalue weighted by atomic mass is 35.5. The molecule has 0 aliphatic heterocycles. The molecular formula is C9H18ClF3N2OS. The van der Waals surface area contributed by atoms with Crippen molar-refractivity contribution in [1.29, 1.82) is 0 Å². The van der Waals surface area contributed by atoms with Crippen LogP contribution < -0.4 is 11.1 Å². The van der Waals surface area contributed by atoms with E-state index in [9.17, 15) is 18.0 Å². The third-order valence-electron chi connectivity index (χ3n) is 1.88. The van der Waals surface area contributed by atoms with E-state index in [1.807, 2.05) is 0 Å². The molecule has 0 radical (unpaired) electrons. The number of thioether (sulfide) groups is 1. The summed E-state index contributed by atoms with van der Waals surface area (Å²) in [6, 6.07) is -0.719. The van der Waals surface area contributed by atoms with Gasteiger partial charge < -0.3 is 11.1 Å². The third-order valence-corrected chi connectivity index (χ3v) is 2.62. The highest BCUT2D eigenvalue weighted by Gasteiger charge is 2.29. The molecule has 0 spiro atoms. The van der Waals surface area contributed by atoms with Crippen molar-refractivity contribution >= 4 is 30.1 Å². The van der Waals surface area contributed by atoms with Gasteiger partial charge >= 0.3 is 5.51 Å². The van der Waals surface area contributed by atoms with Gasteiger partial charge in [0.05, 0.1) is 6.04 Å². The average Bonchev–Trinajstić information content (AvgIpc) is 2.07. The second-order valence-electron chi connectivity index (χ2n) is 4.43. The number of rotatable bonds is 4. The Labute approximate surface area is 109 Å². The fourth-order valence-corrected chi connectivity index (χ4v) is 1.28. The van der Waals surface area contributed by atoms with Crippen LogP contribution >= 0.6 is 24.2 Å². The summed E-state index contributed by atoms with van der Waals surface area (Å²) in [7, 11) is 0. The number of hydrogen-bond acceptors (Lipinski definition) is 3. The van der Waals surface area contributed by atoms with Gasteiger partial charge in [-0.05, 0) is 17.2 Å². The molecule has 0 aromatic rings. The molecular weight excluding hydrogens is 277 g/mol. The molecule has 104 valence electrons. The number of amides is 1. The standard InChI is InChI=1S/C9H17F3N2OS.ClH/c1-8(2,3)6(13)7(15)14-4-5-16-9(10,11)12;/h6H,4-5,13H2,1-3H3,(H,14,15);1H/t6-;/m1./s1. The first kappa shape index (κ1) is 19.2. The number of carbonyl (C=O) groups is 1. The van der Waals surface area contributed by atoms with Crippen molar-refractivity contribution in [2.45, 2.75) is 32.3 Å². The summed E-state index contributed by atoms with van der Waals surface area (Å²) in [4.78, 5) is 11.4. The van der Waals surface area contributed by atoms with Gasteiger partial charge in [0.25, 0.3) is 0 Å². The predicted octanol–water partition coefficient (Wildman–Crippen LogP) is 2.15. The van der Waals surface area contributed by atoms with Crippen LogP contribution in [0, 0.1) is 5.41 Å². The number of nitrogens with two attached hydrogens (primary N) is 1. The van der Waals surface area contributed by atoms with Gasteiger partial charge in [0, 0.05) is 12.3 Å². The fraction of sp³-hybridized carbons (Fsp3) is 0.889. The van der Waals surface area contributed by atoms with E-state index in [-0.39, 0.29) is 36.5 Å². The Balaban J connectivity index is 0. The second-order valence-corrected chi connectivity index (χ2v) is 5.59. The Kier molecular flexibility index (Phi) is 8.28. The molecule has 1 amide bonds. The minimum Gasteiger partial charge on any atom is -0.354 e. The lowest BCUT2D eigenvalue weighted by atomic mass is 9.87. The Bertz CT molecular complexity index is 243. The summed E-state index contributed by atoms with van der Waals surface area (Å²) >= 11 is -0.161. The van der Waals surface area contributed by atoms with Gasteiger partial charge in [-0.25, -0.2) is 0 Å². The number of halogens is 4. The summed E-state index contributed by atoms with van der Waals surface area (Å²) in [5.74, 6) is -0.623. The van der Waals surface area contributed by atoms with E-state index in [0.29, 0.717) is 0 Å². The molecule has 0 fully saturated rings. The van der Waals surface area contributed by atoms with Crippen molar-refractivity contribution < 1.29 is 18.0 Å². The number of alkyl halides is 3. The highest BCUT2D eigenvalue weighted by Crippen LogP contribution is 2.29. The van der Waals surface area contributed by atoms with Crippen LogP contribution in [-0.4, -0.2) is 29.8 Å². The molecule has 0 aromatic carbocycles. The van der Waals surface area contributed by atoms with Crippen LogP contribution in [0.4, 0.5) is 13.2 Å². The maximum absolute atomic E-state index is 11.8. The van der Waals surface area contributed by atoms with Crippen LogP contribution in [0.2, 0.25) is 0 Å². The van der Waals surface area contributed by atoms with E-state index < -0.39 is 22.9 Å². The van der Waals surface area contributed by atoms with E-state index in [1.165, 1.54) is 0 Å². The molecule has 0 rings (SSSR count). The molecule has 0 saturated heterocycles. The van der Waals surface area contributed by atoms with E-state index in [2.05, 4.69) is 5.32 Å². The molecule has 0 heterocycles. The minimum atomic E-state index is -4.25. The largest absolute Gasteiger partial charge is 0.441 e. The van der Waals surface area contributed by atoms with Crippen LogP contribution in [0.5, 0.6) is 0 Å². The van der Waals surface area contributed by atoms with Gasteiger partial charge in [-0.3, -0.25) is 4.79 Å². The summed E-state index contributed by atoms with van der Waals surface area (Å²) in [5.41, 5.74) is 0.967. The summed E-state index contributed by atoms with van der Waals surface area (Å²) in [6.45, 7) is 5.35. The molecule has 3 N–H and O–H groups in total. The molecule has 1 atom stereocenters. The van der Waals surface area contributed by atoms with Crippen LogP contribution in [0.3, 0.4) is 0 Å². The van der Waals surface area contributed by atoms with E-state index in [4.69, 9.17) is 5.73 Å². The number of carbonyl (C=O) groups excluding carboxylic acids is 1. The Morgan fingerprint density at radius 1 is 1.35 bits per heavy atom. The van der Waals surface area contributed by atoms with Gasteiger partial charge in [-0.1, -0.05) is 20.8 Å². The van der Waals surface area contributed by atoms with Crippen molar-refractivity contribution in [3.05, 3.63) is 0 Å². The molecule has 17 heavy (non-hydrogen) atoms. The van der Waals surface area contributed by atoms with Gasteiger partial charge in [0.15, 0.2) is 0 Å². The lowest BCUT2D eigenvalue weighted by Crippen LogP contribution is -2.49. The number of nitrogens with one attached hydrogen (secondary N) is 1. The van der Waals surface area contributed by atoms with Crippen molar-refractivity contribution in [1.82, 2.24) is 5.32 Å². The number of hydrogen-bond donors (Lipinski definition) is 2. The molecule has 0 unspecified atom stereocenters. The van der Waals surface area contributed by atoms with Crippen LogP contribution in [0.1, 0.15) is 20.8 Å². The maximum Gasteiger partial charge on any atom is 0.441 e. The van der Waals surface area contributed by atoms with Gasteiger partial charge in [-0.2, -0.15) is 13.2 Å². The average molecular weight is 295 g/mol. The van der Waals surface area contributed by atoms with Gasteiger partial charge in [-0.15, -0.1) is 12.4 Å². The quantitative estimate of drug-likeness (QED) is 0.781. The smallest absolute Gasteiger partial charge is 0.354 e. The first-order valence-corrected chi connectivity index (χ1v) is 5.76. The van der Waals surface area contributed by atoms with Crippen molar-refractivity contribution in [3.8, 4) is 0 Å². The lowest BCUT2D eigenvalue weighted by Gasteiger charge is -2.25. The van der Waals surface area contributed by atoms with Crippen molar-refractivity contribution in [2.75, 3.05) is 12.3 Å². The zero-order valence-electron chi connectivity index (χ0n) is 9.93.